The number of hydrogen-bond donors (Lipinski definition) is 3. The van der Waals surface area contributed by atoms with Crippen molar-refractivity contribution in [2.75, 3.05) is 5.32 Å². The molecule has 5 N–H and O–H groups in total. The van der Waals surface area contributed by atoms with Crippen LogP contribution in [-0.2, 0) is 4.79 Å². The molecule has 6 heteroatoms. The third kappa shape index (κ3) is 3.67. The first kappa shape index (κ1) is 13.4. The van der Waals surface area contributed by atoms with Crippen LogP contribution < -0.4 is 16.8 Å². The van der Waals surface area contributed by atoms with Crippen LogP contribution in [0.25, 0.3) is 0 Å². The maximum atomic E-state index is 11.2. The summed E-state index contributed by atoms with van der Waals surface area (Å²) < 4.78 is 0. The van der Waals surface area contributed by atoms with Crippen LogP contribution in [-0.4, -0.2) is 21.9 Å². The summed E-state index contributed by atoms with van der Waals surface area (Å²) in [6.07, 6.45) is 1.58. The van der Waals surface area contributed by atoms with Gasteiger partial charge in [-0.1, -0.05) is 26.1 Å². The van der Waals surface area contributed by atoms with Crippen molar-refractivity contribution >= 4 is 28.8 Å². The fourth-order valence-corrected chi connectivity index (χ4v) is 1.49. The largest absolute Gasteiger partial charge is 0.388 e. The summed E-state index contributed by atoms with van der Waals surface area (Å²) in [5.41, 5.74) is 12.0. The van der Waals surface area contributed by atoms with Crippen LogP contribution in [0.1, 0.15) is 19.5 Å². The van der Waals surface area contributed by atoms with Crippen molar-refractivity contribution in [3.05, 3.63) is 24.0 Å². The highest BCUT2D eigenvalue weighted by Gasteiger charge is 2.18. The minimum Gasteiger partial charge on any atom is -0.388 e. The van der Waals surface area contributed by atoms with E-state index in [1.807, 2.05) is 13.8 Å². The normalized spacial score (nSPS) is 12.2. The molecule has 1 atom stereocenters. The molecule has 0 saturated carbocycles. The Balaban J connectivity index is 2.80. The molecule has 92 valence electrons. The Kier molecular flexibility index (Phi) is 4.39. The lowest BCUT2D eigenvalue weighted by Crippen LogP contribution is -2.39. The molecule has 1 aromatic rings. The van der Waals surface area contributed by atoms with E-state index in [0.717, 1.165) is 0 Å². The van der Waals surface area contributed by atoms with Crippen LogP contribution in [0, 0.1) is 5.92 Å². The van der Waals surface area contributed by atoms with Gasteiger partial charge < -0.3 is 16.8 Å². The zero-order valence-corrected chi connectivity index (χ0v) is 10.6. The van der Waals surface area contributed by atoms with E-state index in [0.29, 0.717) is 11.4 Å². The zero-order chi connectivity index (χ0) is 13.0. The van der Waals surface area contributed by atoms with Gasteiger partial charge in [-0.15, -0.1) is 0 Å². The zero-order valence-electron chi connectivity index (χ0n) is 9.81. The molecule has 1 unspecified atom stereocenters. The van der Waals surface area contributed by atoms with Crippen molar-refractivity contribution in [2.45, 2.75) is 19.9 Å². The molecule has 0 aliphatic carbocycles. The third-order valence-electron chi connectivity index (χ3n) is 2.31. The number of primary amides is 1. The van der Waals surface area contributed by atoms with Crippen molar-refractivity contribution < 1.29 is 4.79 Å². The molecule has 17 heavy (non-hydrogen) atoms. The van der Waals surface area contributed by atoms with E-state index in [-0.39, 0.29) is 10.9 Å². The van der Waals surface area contributed by atoms with Gasteiger partial charge in [-0.05, 0) is 18.1 Å². The quantitative estimate of drug-likeness (QED) is 0.668. The highest BCUT2D eigenvalue weighted by molar-refractivity contribution is 7.80. The fourth-order valence-electron chi connectivity index (χ4n) is 1.37. The number of carbonyl (C=O) groups excluding carboxylic acids is 1. The van der Waals surface area contributed by atoms with Crippen LogP contribution in [0.15, 0.2) is 18.3 Å². The van der Waals surface area contributed by atoms with E-state index in [4.69, 9.17) is 23.7 Å². The lowest BCUT2D eigenvalue weighted by molar-refractivity contribution is -0.119. The summed E-state index contributed by atoms with van der Waals surface area (Å²) in [6.45, 7) is 3.83. The molecule has 1 amide bonds. The first-order valence-electron chi connectivity index (χ1n) is 5.23. The molecule has 0 aliphatic heterocycles. The second-order valence-corrected chi connectivity index (χ2v) is 4.50. The molecule has 1 heterocycles. The van der Waals surface area contributed by atoms with Crippen LogP contribution in [0.4, 0.5) is 5.69 Å². The maximum Gasteiger partial charge on any atom is 0.240 e. The van der Waals surface area contributed by atoms with Gasteiger partial charge in [0.05, 0.1) is 17.6 Å². The number of hydrogen-bond acceptors (Lipinski definition) is 4. The number of nitrogens with one attached hydrogen (secondary N) is 1. The highest BCUT2D eigenvalue weighted by atomic mass is 32.1. The van der Waals surface area contributed by atoms with E-state index in [2.05, 4.69) is 10.3 Å². The van der Waals surface area contributed by atoms with E-state index in [1.54, 1.807) is 18.3 Å². The number of rotatable bonds is 5. The molecule has 0 spiro atoms. The molecule has 5 nitrogen and oxygen atoms in total. The topological polar surface area (TPSA) is 94.0 Å². The first-order chi connectivity index (χ1) is 7.91. The molecule has 0 bridgehead atoms. The SMILES string of the molecule is CC(C)C(Nc1ccc(C(N)=S)nc1)C(N)=O. The summed E-state index contributed by atoms with van der Waals surface area (Å²) in [6, 6.07) is 3.04. The molecule has 0 aromatic carbocycles. The fraction of sp³-hybridized carbons (Fsp3) is 0.364. The molecule has 1 rings (SSSR count). The number of nitrogens with zero attached hydrogens (tertiary/aromatic N) is 1. The van der Waals surface area contributed by atoms with Gasteiger partial charge in [0.2, 0.25) is 5.91 Å². The summed E-state index contributed by atoms with van der Waals surface area (Å²) in [5, 5.41) is 3.02. The predicted molar refractivity (Wildman–Crippen MR) is 71.6 cm³/mol. The summed E-state index contributed by atoms with van der Waals surface area (Å²) in [4.78, 5) is 15.5. The van der Waals surface area contributed by atoms with E-state index in [9.17, 15) is 4.79 Å². The van der Waals surface area contributed by atoms with Gasteiger partial charge in [0.25, 0.3) is 0 Å². The van der Waals surface area contributed by atoms with Crippen molar-refractivity contribution in [1.82, 2.24) is 4.98 Å². The van der Waals surface area contributed by atoms with Gasteiger partial charge in [0.1, 0.15) is 11.0 Å². The predicted octanol–water partition coefficient (Wildman–Crippen LogP) is 0.638. The van der Waals surface area contributed by atoms with E-state index in [1.165, 1.54) is 0 Å². The Hall–Kier alpha value is -1.69. The van der Waals surface area contributed by atoms with Crippen molar-refractivity contribution in [1.29, 1.82) is 0 Å². The average Bonchev–Trinajstić information content (AvgIpc) is 2.25. The summed E-state index contributed by atoms with van der Waals surface area (Å²) in [5.74, 6) is -0.291. The Morgan fingerprint density at radius 1 is 1.41 bits per heavy atom. The average molecular weight is 252 g/mol. The Morgan fingerprint density at radius 2 is 2.06 bits per heavy atom. The Bertz CT molecular complexity index is 416. The standard InChI is InChI=1S/C11H16N4OS/c1-6(2)9(10(12)16)15-7-3-4-8(11(13)17)14-5-7/h3-6,9,15H,1-2H3,(H2,12,16)(H2,13,17). The van der Waals surface area contributed by atoms with E-state index >= 15 is 0 Å². The molecule has 0 aliphatic rings. The summed E-state index contributed by atoms with van der Waals surface area (Å²) in [7, 11) is 0. The van der Waals surface area contributed by atoms with E-state index < -0.39 is 11.9 Å². The molecule has 0 fully saturated rings. The summed E-state index contributed by atoms with van der Waals surface area (Å²) >= 11 is 4.80. The van der Waals surface area contributed by atoms with Crippen LogP contribution in [0.3, 0.4) is 0 Å². The van der Waals surface area contributed by atoms with Gasteiger partial charge in [0, 0.05) is 0 Å². The number of nitrogens with two attached hydrogens (primary N) is 2. The minimum absolute atomic E-state index is 0.0998. The lowest BCUT2D eigenvalue weighted by Gasteiger charge is -2.19. The van der Waals surface area contributed by atoms with Crippen molar-refractivity contribution in [3.63, 3.8) is 0 Å². The first-order valence-corrected chi connectivity index (χ1v) is 5.64. The van der Waals surface area contributed by atoms with Crippen LogP contribution in [0.2, 0.25) is 0 Å². The minimum atomic E-state index is -0.424. The van der Waals surface area contributed by atoms with Gasteiger partial charge in [0.15, 0.2) is 0 Å². The maximum absolute atomic E-state index is 11.2. The molecular formula is C11H16N4OS. The van der Waals surface area contributed by atoms with Crippen molar-refractivity contribution in [3.8, 4) is 0 Å². The number of carbonyl (C=O) groups is 1. The number of pyridine rings is 1. The van der Waals surface area contributed by atoms with Crippen molar-refractivity contribution in [2.24, 2.45) is 17.4 Å². The molecule has 0 radical (unpaired) electrons. The second-order valence-electron chi connectivity index (χ2n) is 4.06. The van der Waals surface area contributed by atoms with Gasteiger partial charge in [-0.2, -0.15) is 0 Å². The monoisotopic (exact) mass is 252 g/mol. The second kappa shape index (κ2) is 5.58. The highest BCUT2D eigenvalue weighted by Crippen LogP contribution is 2.12. The lowest BCUT2D eigenvalue weighted by atomic mass is 10.0. The van der Waals surface area contributed by atoms with Gasteiger partial charge >= 0.3 is 0 Å². The third-order valence-corrected chi connectivity index (χ3v) is 2.52. The molecular weight excluding hydrogens is 236 g/mol. The Labute approximate surface area is 106 Å². The van der Waals surface area contributed by atoms with Crippen LogP contribution in [0.5, 0.6) is 0 Å². The van der Waals surface area contributed by atoms with Crippen LogP contribution >= 0.6 is 12.2 Å². The molecule has 1 aromatic heterocycles. The molecule has 0 saturated heterocycles. The number of amides is 1. The van der Waals surface area contributed by atoms with Gasteiger partial charge in [-0.3, -0.25) is 9.78 Å². The Morgan fingerprint density at radius 3 is 2.41 bits per heavy atom. The smallest absolute Gasteiger partial charge is 0.240 e. The number of aromatic nitrogens is 1. The van der Waals surface area contributed by atoms with Gasteiger partial charge in [-0.25, -0.2) is 0 Å². The number of anilines is 1. The number of thiocarbonyl (C=S) groups is 1.